The number of piperazine rings is 1. The first-order valence-electron chi connectivity index (χ1n) is 12.1. The second-order valence-electron chi connectivity index (χ2n) is 11.5. The Hall–Kier alpha value is -2.32. The molecule has 2 atom stereocenters. The molecule has 1 saturated heterocycles. The van der Waals surface area contributed by atoms with E-state index in [1.807, 2.05) is 4.90 Å². The summed E-state index contributed by atoms with van der Waals surface area (Å²) in [5, 5.41) is 2.50. The highest BCUT2D eigenvalue weighted by Gasteiger charge is 2.64. The molecule has 0 spiro atoms. The molecule has 1 heterocycles. The van der Waals surface area contributed by atoms with E-state index in [9.17, 15) is 19.2 Å². The van der Waals surface area contributed by atoms with Gasteiger partial charge in [-0.3, -0.25) is 14.4 Å². The van der Waals surface area contributed by atoms with Crippen molar-refractivity contribution in [1.82, 2.24) is 15.1 Å². The van der Waals surface area contributed by atoms with Crippen LogP contribution in [0.4, 0.5) is 4.79 Å². The SMILES string of the molecule is COC(=O)C12CC3CC(C1)CC(C(=O)N1CCN(C(=O)CNC(=O)OC(C)(C)C)CC1)(C3)C2. The highest BCUT2D eigenvalue weighted by molar-refractivity contribution is 5.87. The van der Waals surface area contributed by atoms with E-state index in [0.29, 0.717) is 44.4 Å². The third-order valence-corrected chi connectivity index (χ3v) is 7.84. The summed E-state index contributed by atoms with van der Waals surface area (Å²) in [6.07, 6.45) is 4.50. The summed E-state index contributed by atoms with van der Waals surface area (Å²) in [5.74, 6) is 0.630. The Morgan fingerprint density at radius 2 is 1.45 bits per heavy atom. The van der Waals surface area contributed by atoms with E-state index in [1.54, 1.807) is 25.7 Å². The van der Waals surface area contributed by atoms with E-state index in [1.165, 1.54) is 7.11 Å². The number of carbonyl (C=O) groups excluding carboxylic acids is 4. The van der Waals surface area contributed by atoms with Crippen molar-refractivity contribution in [3.8, 4) is 0 Å². The number of amides is 3. The molecule has 2 unspecified atom stereocenters. The molecular formula is C24H37N3O6. The number of esters is 1. The van der Waals surface area contributed by atoms with Crippen LogP contribution in [-0.4, -0.2) is 79.1 Å². The molecule has 4 saturated carbocycles. The molecule has 0 aromatic carbocycles. The number of hydrogen-bond acceptors (Lipinski definition) is 6. The van der Waals surface area contributed by atoms with Crippen LogP contribution in [0.5, 0.6) is 0 Å². The zero-order chi connectivity index (χ0) is 24.0. The molecule has 9 heteroatoms. The predicted octanol–water partition coefficient (Wildman–Crippen LogP) is 1.94. The van der Waals surface area contributed by atoms with Gasteiger partial charge in [0.1, 0.15) is 12.1 Å². The summed E-state index contributed by atoms with van der Waals surface area (Å²) >= 11 is 0. The first-order valence-corrected chi connectivity index (χ1v) is 12.1. The molecule has 5 fully saturated rings. The van der Waals surface area contributed by atoms with Gasteiger partial charge in [0.15, 0.2) is 0 Å². The Labute approximate surface area is 195 Å². The fourth-order valence-corrected chi connectivity index (χ4v) is 7.04. The van der Waals surface area contributed by atoms with E-state index in [-0.39, 0.29) is 24.3 Å². The van der Waals surface area contributed by atoms with Crippen molar-refractivity contribution in [2.24, 2.45) is 22.7 Å². The monoisotopic (exact) mass is 463 g/mol. The second kappa shape index (κ2) is 8.47. The lowest BCUT2D eigenvalue weighted by Gasteiger charge is -2.60. The van der Waals surface area contributed by atoms with Gasteiger partial charge in [0, 0.05) is 26.2 Å². The summed E-state index contributed by atoms with van der Waals surface area (Å²) in [6.45, 7) is 6.98. The fourth-order valence-electron chi connectivity index (χ4n) is 7.04. The van der Waals surface area contributed by atoms with Crippen LogP contribution in [0.15, 0.2) is 0 Å². The van der Waals surface area contributed by atoms with Crippen molar-refractivity contribution in [3.05, 3.63) is 0 Å². The third kappa shape index (κ3) is 4.68. The molecule has 0 radical (unpaired) electrons. The molecule has 184 valence electrons. The number of rotatable bonds is 4. The Kier molecular flexibility index (Phi) is 6.12. The number of nitrogens with one attached hydrogen (secondary N) is 1. The number of alkyl carbamates (subject to hydrolysis) is 1. The van der Waals surface area contributed by atoms with Gasteiger partial charge in [0.2, 0.25) is 11.8 Å². The van der Waals surface area contributed by atoms with Gasteiger partial charge in [-0.25, -0.2) is 4.79 Å². The molecule has 1 aliphatic heterocycles. The maximum Gasteiger partial charge on any atom is 0.408 e. The van der Waals surface area contributed by atoms with Crippen molar-refractivity contribution < 1.29 is 28.7 Å². The van der Waals surface area contributed by atoms with E-state index < -0.39 is 22.5 Å². The molecule has 1 N–H and O–H groups in total. The van der Waals surface area contributed by atoms with Crippen LogP contribution >= 0.6 is 0 Å². The Morgan fingerprint density at radius 1 is 0.909 bits per heavy atom. The summed E-state index contributed by atoms with van der Waals surface area (Å²) in [7, 11) is 1.45. The molecule has 5 rings (SSSR count). The van der Waals surface area contributed by atoms with E-state index in [4.69, 9.17) is 9.47 Å². The zero-order valence-corrected chi connectivity index (χ0v) is 20.3. The summed E-state index contributed by atoms with van der Waals surface area (Å²) in [5.41, 5.74) is -1.59. The fraction of sp³-hybridized carbons (Fsp3) is 0.833. The average molecular weight is 464 g/mol. The van der Waals surface area contributed by atoms with E-state index in [2.05, 4.69) is 5.32 Å². The maximum absolute atomic E-state index is 13.7. The molecule has 4 bridgehead atoms. The van der Waals surface area contributed by atoms with Crippen molar-refractivity contribution in [3.63, 3.8) is 0 Å². The lowest BCUT2D eigenvalue weighted by molar-refractivity contribution is -0.186. The van der Waals surface area contributed by atoms with Crippen molar-refractivity contribution >= 4 is 23.9 Å². The van der Waals surface area contributed by atoms with Gasteiger partial charge >= 0.3 is 12.1 Å². The van der Waals surface area contributed by atoms with Crippen LogP contribution in [-0.2, 0) is 23.9 Å². The first kappa shape index (κ1) is 23.8. The van der Waals surface area contributed by atoms with Gasteiger partial charge < -0.3 is 24.6 Å². The van der Waals surface area contributed by atoms with Crippen LogP contribution in [0.3, 0.4) is 0 Å². The van der Waals surface area contributed by atoms with Gasteiger partial charge in [-0.15, -0.1) is 0 Å². The Balaban J connectivity index is 1.33. The summed E-state index contributed by atoms with van der Waals surface area (Å²) in [6, 6.07) is 0. The quantitative estimate of drug-likeness (QED) is 0.639. The van der Waals surface area contributed by atoms with E-state index >= 15 is 0 Å². The minimum atomic E-state index is -0.622. The minimum Gasteiger partial charge on any atom is -0.469 e. The zero-order valence-electron chi connectivity index (χ0n) is 20.3. The van der Waals surface area contributed by atoms with Gasteiger partial charge in [-0.2, -0.15) is 0 Å². The topological polar surface area (TPSA) is 105 Å². The largest absolute Gasteiger partial charge is 0.469 e. The van der Waals surface area contributed by atoms with Crippen LogP contribution < -0.4 is 5.32 Å². The lowest BCUT2D eigenvalue weighted by atomic mass is 9.44. The second-order valence-corrected chi connectivity index (χ2v) is 11.5. The molecule has 0 aromatic heterocycles. The highest BCUT2D eigenvalue weighted by atomic mass is 16.6. The van der Waals surface area contributed by atoms with Crippen molar-refractivity contribution in [1.29, 1.82) is 0 Å². The Bertz CT molecular complexity index is 813. The molecule has 5 aliphatic rings. The van der Waals surface area contributed by atoms with Crippen LogP contribution in [0, 0.1) is 22.7 Å². The van der Waals surface area contributed by atoms with Gasteiger partial charge in [-0.05, 0) is 71.1 Å². The molecule has 9 nitrogen and oxygen atoms in total. The molecule has 3 amide bonds. The number of carbonyl (C=O) groups is 4. The molecule has 0 aromatic rings. The number of methoxy groups -OCH3 is 1. The van der Waals surface area contributed by atoms with Gasteiger partial charge in [-0.1, -0.05) is 0 Å². The maximum atomic E-state index is 13.7. The molecular weight excluding hydrogens is 426 g/mol. The highest BCUT2D eigenvalue weighted by Crippen LogP contribution is 2.66. The first-order chi connectivity index (χ1) is 15.5. The standard InChI is InChI=1S/C24H37N3O6/c1-22(2,3)33-21(31)25-14-18(28)26-5-7-27(8-6-26)19(29)23-10-16-9-17(11-23)13-24(12-16,15-23)20(30)32-4/h16-17H,5-15H2,1-4H3,(H,25,31). The average Bonchev–Trinajstić information content (AvgIpc) is 2.74. The molecule has 33 heavy (non-hydrogen) atoms. The number of nitrogens with zero attached hydrogens (tertiary/aromatic N) is 2. The van der Waals surface area contributed by atoms with Crippen LogP contribution in [0.1, 0.15) is 59.3 Å². The Morgan fingerprint density at radius 3 is 2.00 bits per heavy atom. The predicted molar refractivity (Wildman–Crippen MR) is 119 cm³/mol. The lowest BCUT2D eigenvalue weighted by Crippen LogP contribution is -2.62. The van der Waals surface area contributed by atoms with Crippen LogP contribution in [0.2, 0.25) is 0 Å². The number of ether oxygens (including phenoxy) is 2. The minimum absolute atomic E-state index is 0.127. The van der Waals surface area contributed by atoms with Gasteiger partial charge in [0.25, 0.3) is 0 Å². The normalized spacial score (nSPS) is 33.0. The third-order valence-electron chi connectivity index (χ3n) is 7.84. The van der Waals surface area contributed by atoms with E-state index in [0.717, 1.165) is 32.1 Å². The van der Waals surface area contributed by atoms with Crippen molar-refractivity contribution in [2.45, 2.75) is 64.9 Å². The van der Waals surface area contributed by atoms with Gasteiger partial charge in [0.05, 0.1) is 17.9 Å². The summed E-state index contributed by atoms with van der Waals surface area (Å²) < 4.78 is 10.3. The number of hydrogen-bond donors (Lipinski definition) is 1. The van der Waals surface area contributed by atoms with Crippen LogP contribution in [0.25, 0.3) is 0 Å². The van der Waals surface area contributed by atoms with Crippen molar-refractivity contribution in [2.75, 3.05) is 39.8 Å². The summed E-state index contributed by atoms with van der Waals surface area (Å²) in [4.78, 5) is 54.3. The molecule has 4 aliphatic carbocycles. The smallest absolute Gasteiger partial charge is 0.408 e.